The fourth-order valence-electron chi connectivity index (χ4n) is 1.69. The van der Waals surface area contributed by atoms with Gasteiger partial charge in [-0.2, -0.15) is 0 Å². The number of carbonyl (C=O) groups excluding carboxylic acids is 1. The van der Waals surface area contributed by atoms with Crippen LogP contribution in [0.2, 0.25) is 0 Å². The van der Waals surface area contributed by atoms with E-state index in [1.807, 2.05) is 0 Å². The van der Waals surface area contributed by atoms with E-state index in [0.717, 1.165) is 0 Å². The summed E-state index contributed by atoms with van der Waals surface area (Å²) in [6.07, 6.45) is 1.78. The van der Waals surface area contributed by atoms with Crippen LogP contribution >= 0.6 is 0 Å². The van der Waals surface area contributed by atoms with Crippen molar-refractivity contribution in [2.45, 2.75) is 31.4 Å². The highest BCUT2D eigenvalue weighted by atomic mass is 16.4. The number of likely N-dealkylation sites (tertiary alicyclic amines) is 1. The third-order valence-electron chi connectivity index (χ3n) is 2.45. The molecular formula is C10H15NO4. The molecule has 1 heterocycles. The third kappa shape index (κ3) is 2.79. The van der Waals surface area contributed by atoms with Gasteiger partial charge in [0.25, 0.3) is 0 Å². The monoisotopic (exact) mass is 213 g/mol. The smallest absolute Gasteiger partial charge is 0.326 e. The summed E-state index contributed by atoms with van der Waals surface area (Å²) in [5.41, 5.74) is 0. The zero-order valence-electron chi connectivity index (χ0n) is 8.43. The van der Waals surface area contributed by atoms with Crippen LogP contribution in [0.4, 0.5) is 0 Å². The molecular weight excluding hydrogens is 198 g/mol. The van der Waals surface area contributed by atoms with Crippen LogP contribution in [-0.4, -0.2) is 45.7 Å². The van der Waals surface area contributed by atoms with Crippen LogP contribution in [0.1, 0.15) is 19.3 Å². The first-order valence-electron chi connectivity index (χ1n) is 4.87. The average Bonchev–Trinajstić information content (AvgIpc) is 2.57. The summed E-state index contributed by atoms with van der Waals surface area (Å²) < 4.78 is 0. The molecule has 1 rings (SSSR count). The maximum absolute atomic E-state index is 11.6. The maximum Gasteiger partial charge on any atom is 0.326 e. The lowest BCUT2D eigenvalue weighted by molar-refractivity contribution is -0.148. The lowest BCUT2D eigenvalue weighted by Gasteiger charge is -2.20. The standard InChI is InChI=1S/C10H15NO4/c1-2-3-4-9(13)11-6-7(12)5-8(11)10(14)15/h2,7-8,12H,1,3-6H2,(H,14,15)/t7-,8+/m1/s1. The van der Waals surface area contributed by atoms with Gasteiger partial charge in [0.15, 0.2) is 0 Å². The normalized spacial score (nSPS) is 25.3. The highest BCUT2D eigenvalue weighted by Crippen LogP contribution is 2.19. The van der Waals surface area contributed by atoms with E-state index in [2.05, 4.69) is 6.58 Å². The van der Waals surface area contributed by atoms with Crippen molar-refractivity contribution >= 4 is 11.9 Å². The van der Waals surface area contributed by atoms with E-state index in [-0.39, 0.29) is 25.3 Å². The predicted octanol–water partition coefficient (Wildman–Crippen LogP) is -0.00100. The molecule has 5 heteroatoms. The lowest BCUT2D eigenvalue weighted by Crippen LogP contribution is -2.40. The van der Waals surface area contributed by atoms with Crippen molar-refractivity contribution in [2.24, 2.45) is 0 Å². The topological polar surface area (TPSA) is 77.8 Å². The van der Waals surface area contributed by atoms with Gasteiger partial charge in [0.1, 0.15) is 6.04 Å². The van der Waals surface area contributed by atoms with Gasteiger partial charge in [0.05, 0.1) is 6.10 Å². The summed E-state index contributed by atoms with van der Waals surface area (Å²) >= 11 is 0. The third-order valence-corrected chi connectivity index (χ3v) is 2.45. The summed E-state index contributed by atoms with van der Waals surface area (Å²) in [6.45, 7) is 3.61. The Kier molecular flexibility index (Phi) is 3.85. The number of aliphatic carboxylic acids is 1. The predicted molar refractivity (Wildman–Crippen MR) is 53.2 cm³/mol. The molecule has 1 aliphatic rings. The van der Waals surface area contributed by atoms with E-state index >= 15 is 0 Å². The zero-order valence-corrected chi connectivity index (χ0v) is 8.43. The summed E-state index contributed by atoms with van der Waals surface area (Å²) in [5, 5.41) is 18.2. The quantitative estimate of drug-likeness (QED) is 0.644. The number of hydrogen-bond donors (Lipinski definition) is 2. The molecule has 2 atom stereocenters. The van der Waals surface area contributed by atoms with Gasteiger partial charge in [-0.3, -0.25) is 4.79 Å². The Morgan fingerprint density at radius 2 is 2.20 bits per heavy atom. The first-order valence-corrected chi connectivity index (χ1v) is 4.87. The Morgan fingerprint density at radius 1 is 1.53 bits per heavy atom. The molecule has 0 aromatic carbocycles. The van der Waals surface area contributed by atoms with Gasteiger partial charge in [-0.1, -0.05) is 6.08 Å². The number of aliphatic hydroxyl groups excluding tert-OH is 1. The van der Waals surface area contributed by atoms with Crippen molar-refractivity contribution in [3.63, 3.8) is 0 Å². The molecule has 2 N–H and O–H groups in total. The molecule has 5 nitrogen and oxygen atoms in total. The zero-order chi connectivity index (χ0) is 11.4. The Bertz CT molecular complexity index is 277. The van der Waals surface area contributed by atoms with Gasteiger partial charge in [0, 0.05) is 19.4 Å². The van der Waals surface area contributed by atoms with Crippen molar-refractivity contribution < 1.29 is 19.8 Å². The largest absolute Gasteiger partial charge is 0.480 e. The molecule has 0 radical (unpaired) electrons. The second kappa shape index (κ2) is 4.93. The fraction of sp³-hybridized carbons (Fsp3) is 0.600. The molecule has 1 amide bonds. The van der Waals surface area contributed by atoms with Gasteiger partial charge in [-0.05, 0) is 6.42 Å². The second-order valence-corrected chi connectivity index (χ2v) is 3.62. The number of carbonyl (C=O) groups is 2. The van der Waals surface area contributed by atoms with Crippen LogP contribution in [-0.2, 0) is 9.59 Å². The minimum absolute atomic E-state index is 0.118. The first kappa shape index (κ1) is 11.7. The van der Waals surface area contributed by atoms with E-state index < -0.39 is 18.1 Å². The summed E-state index contributed by atoms with van der Waals surface area (Å²) in [6, 6.07) is -0.877. The van der Waals surface area contributed by atoms with Crippen molar-refractivity contribution in [1.29, 1.82) is 0 Å². The second-order valence-electron chi connectivity index (χ2n) is 3.62. The van der Waals surface area contributed by atoms with Crippen molar-refractivity contribution in [1.82, 2.24) is 4.90 Å². The number of hydrogen-bond acceptors (Lipinski definition) is 3. The minimum Gasteiger partial charge on any atom is -0.480 e. The van der Waals surface area contributed by atoms with Gasteiger partial charge >= 0.3 is 5.97 Å². The molecule has 84 valence electrons. The molecule has 0 unspecified atom stereocenters. The highest BCUT2D eigenvalue weighted by Gasteiger charge is 2.38. The van der Waals surface area contributed by atoms with Gasteiger partial charge in [0.2, 0.25) is 5.91 Å². The molecule has 0 aliphatic carbocycles. The molecule has 0 bridgehead atoms. The minimum atomic E-state index is -1.06. The molecule has 0 saturated carbocycles. The Labute approximate surface area is 88.0 Å². The molecule has 1 fully saturated rings. The Morgan fingerprint density at radius 3 is 2.73 bits per heavy atom. The maximum atomic E-state index is 11.6. The Balaban J connectivity index is 2.62. The van der Waals surface area contributed by atoms with E-state index in [1.165, 1.54) is 4.90 Å². The van der Waals surface area contributed by atoms with Crippen molar-refractivity contribution in [3.8, 4) is 0 Å². The molecule has 0 spiro atoms. The molecule has 0 aromatic heterocycles. The molecule has 1 saturated heterocycles. The summed E-state index contributed by atoms with van der Waals surface area (Å²) in [5.74, 6) is -1.29. The number of allylic oxidation sites excluding steroid dienone is 1. The van der Waals surface area contributed by atoms with Gasteiger partial charge in [-0.25, -0.2) is 4.79 Å². The van der Waals surface area contributed by atoms with E-state index in [1.54, 1.807) is 6.08 Å². The molecule has 15 heavy (non-hydrogen) atoms. The van der Waals surface area contributed by atoms with Crippen LogP contribution in [0.3, 0.4) is 0 Å². The first-order chi connectivity index (χ1) is 7.06. The number of aliphatic hydroxyl groups is 1. The lowest BCUT2D eigenvalue weighted by atomic mass is 10.2. The van der Waals surface area contributed by atoms with Crippen LogP contribution in [0, 0.1) is 0 Å². The Hall–Kier alpha value is -1.36. The van der Waals surface area contributed by atoms with Gasteiger partial charge in [-0.15, -0.1) is 6.58 Å². The van der Waals surface area contributed by atoms with E-state index in [0.29, 0.717) is 6.42 Å². The number of carboxylic acid groups (broad SMARTS) is 1. The van der Waals surface area contributed by atoms with Gasteiger partial charge < -0.3 is 15.1 Å². The summed E-state index contributed by atoms with van der Waals surface area (Å²) in [7, 11) is 0. The fourth-order valence-corrected chi connectivity index (χ4v) is 1.69. The van der Waals surface area contributed by atoms with E-state index in [4.69, 9.17) is 5.11 Å². The molecule has 0 aromatic rings. The van der Waals surface area contributed by atoms with Crippen LogP contribution in [0.5, 0.6) is 0 Å². The van der Waals surface area contributed by atoms with Crippen molar-refractivity contribution in [2.75, 3.05) is 6.54 Å². The van der Waals surface area contributed by atoms with Crippen molar-refractivity contribution in [3.05, 3.63) is 12.7 Å². The number of carboxylic acids is 1. The number of rotatable bonds is 4. The van der Waals surface area contributed by atoms with E-state index in [9.17, 15) is 14.7 Å². The number of nitrogens with zero attached hydrogens (tertiary/aromatic N) is 1. The van der Waals surface area contributed by atoms with Crippen LogP contribution in [0.25, 0.3) is 0 Å². The average molecular weight is 213 g/mol. The highest BCUT2D eigenvalue weighted by molar-refractivity contribution is 5.84. The number of amides is 1. The summed E-state index contributed by atoms with van der Waals surface area (Å²) in [4.78, 5) is 23.6. The SMILES string of the molecule is C=CCCC(=O)N1C[C@H](O)C[C@H]1C(=O)O. The van der Waals surface area contributed by atoms with Crippen LogP contribution < -0.4 is 0 Å². The molecule has 1 aliphatic heterocycles. The van der Waals surface area contributed by atoms with Crippen LogP contribution in [0.15, 0.2) is 12.7 Å². The number of β-amino-alcohol motifs (C(OH)–C–C–N with tert-alkyl or cyclic N) is 1.